The van der Waals surface area contributed by atoms with Crippen molar-refractivity contribution < 1.29 is 4.79 Å². The van der Waals surface area contributed by atoms with Gasteiger partial charge in [-0.1, -0.05) is 13.8 Å². The fourth-order valence-corrected chi connectivity index (χ4v) is 1.92. The van der Waals surface area contributed by atoms with Crippen LogP contribution >= 0.6 is 12.6 Å². The van der Waals surface area contributed by atoms with Gasteiger partial charge in [0.15, 0.2) is 0 Å². The number of nitrogens with zero attached hydrogens (tertiary/aromatic N) is 1. The molecule has 1 rings (SSSR count). The van der Waals surface area contributed by atoms with Crippen molar-refractivity contribution in [2.45, 2.75) is 33.1 Å². The van der Waals surface area contributed by atoms with Crippen molar-refractivity contribution in [2.75, 3.05) is 18.8 Å². The first kappa shape index (κ1) is 11.9. The Morgan fingerprint density at radius 3 is 2.93 bits per heavy atom. The summed E-state index contributed by atoms with van der Waals surface area (Å²) in [6, 6.07) is 0. The van der Waals surface area contributed by atoms with Gasteiger partial charge < -0.3 is 4.90 Å². The second kappa shape index (κ2) is 5.64. The minimum absolute atomic E-state index is 0.336. The topological polar surface area (TPSA) is 20.3 Å². The quantitative estimate of drug-likeness (QED) is 0.716. The van der Waals surface area contributed by atoms with E-state index in [9.17, 15) is 4.79 Å². The van der Waals surface area contributed by atoms with E-state index in [1.807, 2.05) is 4.90 Å². The SMILES string of the molecule is CC1CCC(=O)N(CC(C)CS)CC1. The highest BCUT2D eigenvalue weighted by Crippen LogP contribution is 2.18. The van der Waals surface area contributed by atoms with Crippen LogP contribution in [0.15, 0.2) is 0 Å². The summed E-state index contributed by atoms with van der Waals surface area (Å²) in [5, 5.41) is 0. The van der Waals surface area contributed by atoms with Crippen LogP contribution in [0, 0.1) is 11.8 Å². The zero-order valence-electron chi connectivity index (χ0n) is 9.20. The summed E-state index contributed by atoms with van der Waals surface area (Å²) >= 11 is 4.25. The van der Waals surface area contributed by atoms with Crippen molar-refractivity contribution in [2.24, 2.45) is 11.8 Å². The number of rotatable bonds is 3. The lowest BCUT2D eigenvalue weighted by Gasteiger charge is -2.23. The molecule has 1 aliphatic heterocycles. The van der Waals surface area contributed by atoms with E-state index in [1.54, 1.807) is 0 Å². The van der Waals surface area contributed by atoms with E-state index in [2.05, 4.69) is 26.5 Å². The predicted octanol–water partition coefficient (Wildman–Crippen LogP) is 2.20. The largest absolute Gasteiger partial charge is 0.342 e. The Hall–Kier alpha value is -0.180. The zero-order valence-corrected chi connectivity index (χ0v) is 10.1. The van der Waals surface area contributed by atoms with E-state index in [0.717, 1.165) is 38.1 Å². The molecule has 1 fully saturated rings. The highest BCUT2D eigenvalue weighted by atomic mass is 32.1. The Morgan fingerprint density at radius 1 is 1.57 bits per heavy atom. The smallest absolute Gasteiger partial charge is 0.222 e. The van der Waals surface area contributed by atoms with Crippen molar-refractivity contribution in [3.8, 4) is 0 Å². The molecule has 0 spiro atoms. The zero-order chi connectivity index (χ0) is 10.6. The van der Waals surface area contributed by atoms with Gasteiger partial charge in [0.1, 0.15) is 0 Å². The molecule has 82 valence electrons. The normalized spacial score (nSPS) is 26.1. The molecule has 0 aromatic heterocycles. The molecule has 1 amide bonds. The molecule has 1 saturated heterocycles. The third kappa shape index (κ3) is 3.52. The minimum atomic E-state index is 0.336. The van der Waals surface area contributed by atoms with Gasteiger partial charge in [-0.15, -0.1) is 0 Å². The standard InChI is InChI=1S/C11H21NOS/c1-9-3-4-11(13)12(6-5-9)7-10(2)8-14/h9-10,14H,3-8H2,1-2H3. The van der Waals surface area contributed by atoms with Gasteiger partial charge >= 0.3 is 0 Å². The first-order chi connectivity index (χ1) is 6.63. The molecule has 0 aliphatic carbocycles. The van der Waals surface area contributed by atoms with Crippen molar-refractivity contribution in [3.63, 3.8) is 0 Å². The molecule has 2 atom stereocenters. The maximum atomic E-state index is 11.7. The summed E-state index contributed by atoms with van der Waals surface area (Å²) in [7, 11) is 0. The van der Waals surface area contributed by atoms with Crippen LogP contribution in [0.5, 0.6) is 0 Å². The lowest BCUT2D eigenvalue weighted by Crippen LogP contribution is -2.34. The first-order valence-electron chi connectivity index (χ1n) is 5.52. The second-order valence-corrected chi connectivity index (χ2v) is 4.93. The van der Waals surface area contributed by atoms with Crippen LogP contribution in [0.25, 0.3) is 0 Å². The Bertz CT molecular complexity index is 196. The number of amides is 1. The van der Waals surface area contributed by atoms with E-state index >= 15 is 0 Å². The highest BCUT2D eigenvalue weighted by molar-refractivity contribution is 7.80. The average molecular weight is 215 g/mol. The lowest BCUT2D eigenvalue weighted by molar-refractivity contribution is -0.131. The van der Waals surface area contributed by atoms with Gasteiger partial charge in [0.25, 0.3) is 0 Å². The molecule has 2 nitrogen and oxygen atoms in total. The maximum Gasteiger partial charge on any atom is 0.222 e. The van der Waals surface area contributed by atoms with E-state index in [1.165, 1.54) is 0 Å². The first-order valence-corrected chi connectivity index (χ1v) is 6.15. The molecule has 0 aromatic rings. The molecule has 0 radical (unpaired) electrons. The van der Waals surface area contributed by atoms with Crippen LogP contribution in [0.1, 0.15) is 33.1 Å². The van der Waals surface area contributed by atoms with Crippen LogP contribution in [0.4, 0.5) is 0 Å². The molecule has 14 heavy (non-hydrogen) atoms. The molecule has 2 unspecified atom stereocenters. The Morgan fingerprint density at radius 2 is 2.29 bits per heavy atom. The van der Waals surface area contributed by atoms with Crippen molar-refractivity contribution in [1.82, 2.24) is 4.90 Å². The van der Waals surface area contributed by atoms with Crippen LogP contribution in [-0.2, 0) is 4.79 Å². The molecule has 0 aromatic carbocycles. The van der Waals surface area contributed by atoms with Gasteiger partial charge in [-0.25, -0.2) is 0 Å². The van der Waals surface area contributed by atoms with Gasteiger partial charge in [-0.05, 0) is 30.4 Å². The van der Waals surface area contributed by atoms with Gasteiger partial charge in [-0.3, -0.25) is 4.79 Å². The van der Waals surface area contributed by atoms with Crippen molar-refractivity contribution in [1.29, 1.82) is 0 Å². The summed E-state index contributed by atoms with van der Waals surface area (Å²) < 4.78 is 0. The van der Waals surface area contributed by atoms with E-state index < -0.39 is 0 Å². The van der Waals surface area contributed by atoms with Gasteiger partial charge in [0, 0.05) is 19.5 Å². The summed E-state index contributed by atoms with van der Waals surface area (Å²) in [6.45, 7) is 6.21. The molecule has 0 bridgehead atoms. The van der Waals surface area contributed by atoms with Crippen LogP contribution in [-0.4, -0.2) is 29.6 Å². The number of likely N-dealkylation sites (tertiary alicyclic amines) is 1. The molecule has 1 aliphatic rings. The monoisotopic (exact) mass is 215 g/mol. The summed E-state index contributed by atoms with van der Waals surface area (Å²) in [4.78, 5) is 13.7. The van der Waals surface area contributed by atoms with Crippen molar-refractivity contribution >= 4 is 18.5 Å². The fourth-order valence-electron chi connectivity index (χ4n) is 1.80. The highest BCUT2D eigenvalue weighted by Gasteiger charge is 2.20. The predicted molar refractivity (Wildman–Crippen MR) is 62.6 cm³/mol. The van der Waals surface area contributed by atoms with Gasteiger partial charge in [0.2, 0.25) is 5.91 Å². The average Bonchev–Trinajstić information content (AvgIpc) is 2.33. The number of hydrogen-bond acceptors (Lipinski definition) is 2. The molecule has 1 heterocycles. The van der Waals surface area contributed by atoms with Crippen molar-refractivity contribution in [3.05, 3.63) is 0 Å². The molecule has 3 heteroatoms. The molecular weight excluding hydrogens is 194 g/mol. The Kier molecular flexibility index (Phi) is 4.79. The molecule has 0 N–H and O–H groups in total. The van der Waals surface area contributed by atoms with E-state index in [-0.39, 0.29) is 0 Å². The third-order valence-electron chi connectivity index (χ3n) is 2.94. The number of thiol groups is 1. The molecular formula is C11H21NOS. The van der Waals surface area contributed by atoms with E-state index in [4.69, 9.17) is 0 Å². The van der Waals surface area contributed by atoms with Gasteiger partial charge in [-0.2, -0.15) is 12.6 Å². The van der Waals surface area contributed by atoms with Crippen LogP contribution in [0.2, 0.25) is 0 Å². The van der Waals surface area contributed by atoms with Crippen LogP contribution < -0.4 is 0 Å². The summed E-state index contributed by atoms with van der Waals surface area (Å²) in [5.41, 5.74) is 0. The number of carbonyl (C=O) groups excluding carboxylic acids is 1. The third-order valence-corrected chi connectivity index (χ3v) is 3.56. The number of carbonyl (C=O) groups is 1. The van der Waals surface area contributed by atoms with E-state index in [0.29, 0.717) is 17.7 Å². The Labute approximate surface area is 92.5 Å². The van der Waals surface area contributed by atoms with Crippen LogP contribution in [0.3, 0.4) is 0 Å². The lowest BCUT2D eigenvalue weighted by atomic mass is 10.0. The minimum Gasteiger partial charge on any atom is -0.342 e. The second-order valence-electron chi connectivity index (χ2n) is 4.56. The maximum absolute atomic E-state index is 11.7. The summed E-state index contributed by atoms with van der Waals surface area (Å²) in [5.74, 6) is 2.41. The fraction of sp³-hybridized carbons (Fsp3) is 0.909. The van der Waals surface area contributed by atoms with Gasteiger partial charge in [0.05, 0.1) is 0 Å². The number of hydrogen-bond donors (Lipinski definition) is 1. The Balaban J connectivity index is 2.45. The summed E-state index contributed by atoms with van der Waals surface area (Å²) in [6.07, 6.45) is 2.95. The molecule has 0 saturated carbocycles.